The number of anilines is 2. The standard InChI is InChI=1S/C13H17ClN4O2/c1-3-9-12(20)17(2)10-6-15-13(14)16-11(10)18(9)7-4-8(19)5-7/h6-9,19H,3-5H2,1-2H3/t7?,8?,9-/m1/s1. The molecule has 0 radical (unpaired) electrons. The molecule has 1 atom stereocenters. The molecule has 1 aromatic rings. The smallest absolute Gasteiger partial charge is 0.249 e. The highest BCUT2D eigenvalue weighted by atomic mass is 35.5. The number of carbonyl (C=O) groups excluding carboxylic acids is 1. The van der Waals surface area contributed by atoms with Gasteiger partial charge in [-0.1, -0.05) is 6.92 Å². The fourth-order valence-electron chi connectivity index (χ4n) is 2.97. The van der Waals surface area contributed by atoms with Gasteiger partial charge in [-0.3, -0.25) is 4.79 Å². The van der Waals surface area contributed by atoms with Crippen LogP contribution in [0, 0.1) is 0 Å². The normalized spacial score (nSPS) is 29.2. The number of likely N-dealkylation sites (N-methyl/N-ethyl adjacent to an activating group) is 1. The molecule has 0 aromatic carbocycles. The van der Waals surface area contributed by atoms with E-state index in [4.69, 9.17) is 11.6 Å². The van der Waals surface area contributed by atoms with E-state index < -0.39 is 0 Å². The van der Waals surface area contributed by atoms with Gasteiger partial charge in [0.1, 0.15) is 11.7 Å². The van der Waals surface area contributed by atoms with Crippen LogP contribution >= 0.6 is 11.6 Å². The van der Waals surface area contributed by atoms with E-state index in [1.165, 1.54) is 0 Å². The van der Waals surface area contributed by atoms with Crippen LogP contribution in [0.15, 0.2) is 6.20 Å². The van der Waals surface area contributed by atoms with E-state index in [0.29, 0.717) is 30.8 Å². The van der Waals surface area contributed by atoms with Gasteiger partial charge in [0.15, 0.2) is 5.82 Å². The van der Waals surface area contributed by atoms with Crippen molar-refractivity contribution in [3.63, 3.8) is 0 Å². The molecule has 1 saturated carbocycles. The Balaban J connectivity index is 2.07. The van der Waals surface area contributed by atoms with Gasteiger partial charge >= 0.3 is 0 Å². The Labute approximate surface area is 122 Å². The van der Waals surface area contributed by atoms with E-state index in [9.17, 15) is 9.90 Å². The van der Waals surface area contributed by atoms with Gasteiger partial charge < -0.3 is 14.9 Å². The van der Waals surface area contributed by atoms with Gasteiger partial charge in [0, 0.05) is 13.1 Å². The van der Waals surface area contributed by atoms with Crippen molar-refractivity contribution in [1.29, 1.82) is 0 Å². The number of nitrogens with zero attached hydrogens (tertiary/aromatic N) is 4. The maximum atomic E-state index is 12.5. The number of halogens is 1. The summed E-state index contributed by atoms with van der Waals surface area (Å²) in [6.07, 6.45) is 3.31. The van der Waals surface area contributed by atoms with E-state index in [-0.39, 0.29) is 29.4 Å². The van der Waals surface area contributed by atoms with Crippen LogP contribution in [0.2, 0.25) is 5.28 Å². The Morgan fingerprint density at radius 1 is 1.50 bits per heavy atom. The molecule has 7 heteroatoms. The lowest BCUT2D eigenvalue weighted by atomic mass is 9.86. The fraction of sp³-hybridized carbons (Fsp3) is 0.615. The molecule has 108 valence electrons. The van der Waals surface area contributed by atoms with Crippen LogP contribution in [0.3, 0.4) is 0 Å². The SMILES string of the molecule is CC[C@@H]1C(=O)N(C)c2cnc(Cl)nc2N1C1CC(O)C1. The number of aliphatic hydroxyl groups is 1. The third kappa shape index (κ3) is 1.94. The number of fused-ring (bicyclic) bond motifs is 1. The van der Waals surface area contributed by atoms with Crippen LogP contribution in [0.25, 0.3) is 0 Å². The summed E-state index contributed by atoms with van der Waals surface area (Å²) in [5, 5.41) is 9.72. The maximum Gasteiger partial charge on any atom is 0.249 e. The number of carbonyl (C=O) groups is 1. The average Bonchev–Trinajstić information content (AvgIpc) is 2.39. The van der Waals surface area contributed by atoms with Crippen LogP contribution in [-0.4, -0.2) is 46.2 Å². The summed E-state index contributed by atoms with van der Waals surface area (Å²) in [5.74, 6) is 0.725. The molecular weight excluding hydrogens is 280 g/mol. The molecule has 1 aliphatic carbocycles. The summed E-state index contributed by atoms with van der Waals surface area (Å²) in [7, 11) is 1.73. The third-order valence-electron chi connectivity index (χ3n) is 4.15. The quantitative estimate of drug-likeness (QED) is 0.831. The molecule has 3 rings (SSSR count). The van der Waals surface area contributed by atoms with Crippen LogP contribution in [0.1, 0.15) is 26.2 Å². The summed E-state index contributed by atoms with van der Waals surface area (Å²) in [5.41, 5.74) is 0.672. The molecule has 1 fully saturated rings. The maximum absolute atomic E-state index is 12.5. The molecule has 0 saturated heterocycles. The van der Waals surface area contributed by atoms with Crippen LogP contribution in [0.4, 0.5) is 11.5 Å². The van der Waals surface area contributed by atoms with Crippen molar-refractivity contribution in [2.45, 2.75) is 44.4 Å². The lowest BCUT2D eigenvalue weighted by Crippen LogP contribution is -2.60. The second-order valence-electron chi connectivity index (χ2n) is 5.36. The second-order valence-corrected chi connectivity index (χ2v) is 5.69. The van der Waals surface area contributed by atoms with Crippen molar-refractivity contribution in [3.8, 4) is 0 Å². The zero-order valence-corrected chi connectivity index (χ0v) is 12.2. The summed E-state index contributed by atoms with van der Waals surface area (Å²) in [4.78, 5) is 24.4. The molecule has 0 bridgehead atoms. The largest absolute Gasteiger partial charge is 0.393 e. The molecule has 0 spiro atoms. The molecule has 2 aliphatic rings. The van der Waals surface area contributed by atoms with E-state index >= 15 is 0 Å². The molecule has 1 N–H and O–H groups in total. The minimum absolute atomic E-state index is 0.0345. The van der Waals surface area contributed by atoms with Gasteiger partial charge in [-0.25, -0.2) is 4.98 Å². The molecule has 6 nitrogen and oxygen atoms in total. The number of aliphatic hydroxyl groups excluding tert-OH is 1. The van der Waals surface area contributed by atoms with Crippen molar-refractivity contribution in [1.82, 2.24) is 9.97 Å². The first-order chi connectivity index (χ1) is 9.52. The number of rotatable bonds is 2. The average molecular weight is 297 g/mol. The predicted octanol–water partition coefficient (Wildman–Crippen LogP) is 1.21. The Kier molecular flexibility index (Phi) is 3.30. The zero-order valence-electron chi connectivity index (χ0n) is 11.5. The highest BCUT2D eigenvalue weighted by Gasteiger charge is 2.44. The van der Waals surface area contributed by atoms with Gasteiger partial charge in [-0.15, -0.1) is 0 Å². The van der Waals surface area contributed by atoms with Crippen LogP contribution < -0.4 is 9.80 Å². The third-order valence-corrected chi connectivity index (χ3v) is 4.33. The van der Waals surface area contributed by atoms with E-state index in [0.717, 1.165) is 0 Å². The Hall–Kier alpha value is -1.40. The van der Waals surface area contributed by atoms with Crippen LogP contribution in [0.5, 0.6) is 0 Å². The summed E-state index contributed by atoms with van der Waals surface area (Å²) < 4.78 is 0. The Morgan fingerprint density at radius 3 is 2.80 bits per heavy atom. The minimum atomic E-state index is -0.284. The van der Waals surface area contributed by atoms with Crippen molar-refractivity contribution in [3.05, 3.63) is 11.5 Å². The van der Waals surface area contributed by atoms with Crippen molar-refractivity contribution < 1.29 is 9.90 Å². The summed E-state index contributed by atoms with van der Waals surface area (Å²) >= 11 is 5.91. The van der Waals surface area contributed by atoms with Gasteiger partial charge in [0.2, 0.25) is 11.2 Å². The number of hydrogen-bond donors (Lipinski definition) is 1. The first kappa shape index (κ1) is 13.6. The van der Waals surface area contributed by atoms with Crippen molar-refractivity contribution >= 4 is 29.0 Å². The second kappa shape index (κ2) is 4.86. The van der Waals surface area contributed by atoms with Gasteiger partial charge in [0.05, 0.1) is 12.3 Å². The molecule has 2 heterocycles. The predicted molar refractivity (Wildman–Crippen MR) is 76.0 cm³/mol. The molecule has 1 amide bonds. The number of amides is 1. The molecule has 1 aromatic heterocycles. The molecule has 0 unspecified atom stereocenters. The summed E-state index contributed by atoms with van der Waals surface area (Å²) in [6.45, 7) is 1.98. The first-order valence-electron chi connectivity index (χ1n) is 6.79. The van der Waals surface area contributed by atoms with Gasteiger partial charge in [-0.2, -0.15) is 4.98 Å². The number of aromatic nitrogens is 2. The first-order valence-corrected chi connectivity index (χ1v) is 7.17. The summed E-state index contributed by atoms with van der Waals surface area (Å²) in [6, 6.07) is -0.117. The van der Waals surface area contributed by atoms with Crippen molar-refractivity contribution in [2.24, 2.45) is 0 Å². The van der Waals surface area contributed by atoms with Gasteiger partial charge in [-0.05, 0) is 30.9 Å². The molecule has 1 aliphatic heterocycles. The van der Waals surface area contributed by atoms with Crippen molar-refractivity contribution in [2.75, 3.05) is 16.8 Å². The monoisotopic (exact) mass is 296 g/mol. The van der Waals surface area contributed by atoms with E-state index in [2.05, 4.69) is 9.97 Å². The minimum Gasteiger partial charge on any atom is -0.393 e. The zero-order chi connectivity index (χ0) is 14.4. The highest BCUT2D eigenvalue weighted by molar-refractivity contribution is 6.28. The topological polar surface area (TPSA) is 69.6 Å². The lowest BCUT2D eigenvalue weighted by Gasteiger charge is -2.48. The fourth-order valence-corrected chi connectivity index (χ4v) is 3.09. The number of hydrogen-bond acceptors (Lipinski definition) is 5. The van der Waals surface area contributed by atoms with Gasteiger partial charge in [0.25, 0.3) is 0 Å². The molecular formula is C13H17ClN4O2. The molecule has 20 heavy (non-hydrogen) atoms. The Bertz CT molecular complexity index is 547. The highest BCUT2D eigenvalue weighted by Crippen LogP contribution is 2.40. The van der Waals surface area contributed by atoms with Crippen LogP contribution in [-0.2, 0) is 4.79 Å². The van der Waals surface area contributed by atoms with E-state index in [1.807, 2.05) is 11.8 Å². The lowest BCUT2D eigenvalue weighted by molar-refractivity contribution is -0.120. The Morgan fingerprint density at radius 2 is 2.20 bits per heavy atom. The van der Waals surface area contributed by atoms with E-state index in [1.54, 1.807) is 18.1 Å².